The highest BCUT2D eigenvalue weighted by atomic mass is 35.5. The molecule has 1 heterocycles. The molecule has 0 radical (unpaired) electrons. The largest absolute Gasteiger partial charge is 0.442 e. The maximum absolute atomic E-state index is 12.1. The number of hydrogen-bond acceptors (Lipinski definition) is 4. The number of carbonyl (C=O) groups excluding carboxylic acids is 3. The van der Waals surface area contributed by atoms with E-state index in [1.807, 2.05) is 0 Å². The first-order valence-electron chi connectivity index (χ1n) is 8.06. The van der Waals surface area contributed by atoms with Crippen molar-refractivity contribution >= 4 is 29.4 Å². The Morgan fingerprint density at radius 1 is 1.25 bits per heavy atom. The predicted molar refractivity (Wildman–Crippen MR) is 88.0 cm³/mol. The van der Waals surface area contributed by atoms with Crippen LogP contribution in [0.3, 0.4) is 0 Å². The second-order valence-corrected chi connectivity index (χ2v) is 6.50. The fourth-order valence-electron chi connectivity index (χ4n) is 2.70. The van der Waals surface area contributed by atoms with Gasteiger partial charge in [0.15, 0.2) is 5.78 Å². The molecule has 1 aromatic carbocycles. The van der Waals surface area contributed by atoms with Gasteiger partial charge in [0.25, 0.3) is 0 Å². The van der Waals surface area contributed by atoms with E-state index in [9.17, 15) is 14.4 Å². The zero-order chi connectivity index (χ0) is 17.1. The van der Waals surface area contributed by atoms with E-state index in [1.54, 1.807) is 29.2 Å². The molecule has 2 aliphatic rings. The van der Waals surface area contributed by atoms with E-state index in [0.29, 0.717) is 23.2 Å². The number of rotatable bonds is 7. The normalized spacial score (nSPS) is 20.0. The van der Waals surface area contributed by atoms with Crippen molar-refractivity contribution in [3.8, 4) is 0 Å². The molecule has 0 bridgehead atoms. The van der Waals surface area contributed by atoms with Crippen LogP contribution in [0.1, 0.15) is 36.0 Å². The molecule has 24 heavy (non-hydrogen) atoms. The molecule has 2 amide bonds. The van der Waals surface area contributed by atoms with Crippen molar-refractivity contribution in [2.75, 3.05) is 13.1 Å². The molecule has 1 atom stereocenters. The summed E-state index contributed by atoms with van der Waals surface area (Å²) in [6.07, 6.45) is 1.61. The highest BCUT2D eigenvalue weighted by Gasteiger charge is 2.40. The molecule has 3 rings (SSSR count). The van der Waals surface area contributed by atoms with E-state index in [1.165, 1.54) is 0 Å². The minimum atomic E-state index is -0.318. The molecule has 6 nitrogen and oxygen atoms in total. The molecule has 1 saturated carbocycles. The van der Waals surface area contributed by atoms with Crippen LogP contribution >= 0.6 is 11.6 Å². The van der Waals surface area contributed by atoms with Gasteiger partial charge in [0.05, 0.1) is 18.1 Å². The number of halogens is 1. The van der Waals surface area contributed by atoms with Crippen LogP contribution in [0.15, 0.2) is 24.3 Å². The molecular weight excluding hydrogens is 332 g/mol. The fourth-order valence-corrected chi connectivity index (χ4v) is 2.94. The summed E-state index contributed by atoms with van der Waals surface area (Å²) < 4.78 is 5.22. The monoisotopic (exact) mass is 350 g/mol. The Kier molecular flexibility index (Phi) is 5.04. The lowest BCUT2D eigenvalue weighted by Gasteiger charge is -2.11. The van der Waals surface area contributed by atoms with Crippen LogP contribution in [0.5, 0.6) is 0 Å². The molecule has 0 spiro atoms. The summed E-state index contributed by atoms with van der Waals surface area (Å²) in [7, 11) is 0. The Morgan fingerprint density at radius 2 is 2.00 bits per heavy atom. The highest BCUT2D eigenvalue weighted by Crippen LogP contribution is 2.30. The number of carbonyl (C=O) groups is 3. The molecule has 1 aliphatic carbocycles. The van der Waals surface area contributed by atoms with E-state index >= 15 is 0 Å². The van der Waals surface area contributed by atoms with E-state index in [0.717, 1.165) is 12.8 Å². The zero-order valence-electron chi connectivity index (χ0n) is 13.2. The van der Waals surface area contributed by atoms with E-state index in [2.05, 4.69) is 5.32 Å². The van der Waals surface area contributed by atoms with Gasteiger partial charge in [-0.2, -0.15) is 0 Å². The Hall–Kier alpha value is -2.08. The van der Waals surface area contributed by atoms with Gasteiger partial charge in [0.1, 0.15) is 6.10 Å². The number of Topliss-reactive ketones (excluding diaryl/α,β-unsaturated/α-hetero) is 1. The van der Waals surface area contributed by atoms with Gasteiger partial charge in [-0.3, -0.25) is 9.59 Å². The third kappa shape index (κ3) is 4.06. The summed E-state index contributed by atoms with van der Waals surface area (Å²) in [6.45, 7) is 0.788. The molecule has 0 aromatic heterocycles. The molecule has 7 heteroatoms. The molecule has 1 N–H and O–H groups in total. The SMILES string of the molecule is O=C(CCC(=O)c1ccccc1Cl)NCC1CN(C2CC2)C(=O)O1. The van der Waals surface area contributed by atoms with Crippen molar-refractivity contribution in [1.82, 2.24) is 10.2 Å². The first kappa shape index (κ1) is 16.8. The lowest BCUT2D eigenvalue weighted by molar-refractivity contribution is -0.121. The smallest absolute Gasteiger partial charge is 0.410 e. The van der Waals surface area contributed by atoms with Crippen LogP contribution in [0.25, 0.3) is 0 Å². The Bertz CT molecular complexity index is 660. The van der Waals surface area contributed by atoms with Gasteiger partial charge < -0.3 is 15.0 Å². The summed E-state index contributed by atoms with van der Waals surface area (Å²) in [5.41, 5.74) is 0.428. The van der Waals surface area contributed by atoms with Crippen molar-refractivity contribution in [3.63, 3.8) is 0 Å². The third-order valence-electron chi connectivity index (χ3n) is 4.17. The molecule has 2 fully saturated rings. The zero-order valence-corrected chi connectivity index (χ0v) is 13.9. The van der Waals surface area contributed by atoms with Crippen molar-refractivity contribution in [2.24, 2.45) is 0 Å². The van der Waals surface area contributed by atoms with Crippen LogP contribution in [0.2, 0.25) is 5.02 Å². The maximum atomic E-state index is 12.1. The number of cyclic esters (lactones) is 1. The minimum Gasteiger partial charge on any atom is -0.442 e. The summed E-state index contributed by atoms with van der Waals surface area (Å²) in [6, 6.07) is 7.09. The predicted octanol–water partition coefficient (Wildman–Crippen LogP) is 2.40. The van der Waals surface area contributed by atoms with E-state index in [4.69, 9.17) is 16.3 Å². The van der Waals surface area contributed by atoms with E-state index < -0.39 is 0 Å². The summed E-state index contributed by atoms with van der Waals surface area (Å²) in [5.74, 6) is -0.403. The van der Waals surface area contributed by atoms with Crippen LogP contribution < -0.4 is 5.32 Å². The molecule has 1 aliphatic heterocycles. The highest BCUT2D eigenvalue weighted by molar-refractivity contribution is 6.34. The van der Waals surface area contributed by atoms with E-state index in [-0.39, 0.29) is 43.3 Å². The second-order valence-electron chi connectivity index (χ2n) is 6.10. The average molecular weight is 351 g/mol. The van der Waals surface area contributed by atoms with Crippen molar-refractivity contribution in [3.05, 3.63) is 34.9 Å². The van der Waals surface area contributed by atoms with Crippen LogP contribution in [0, 0.1) is 0 Å². The van der Waals surface area contributed by atoms with Gasteiger partial charge in [0.2, 0.25) is 5.91 Å². The quantitative estimate of drug-likeness (QED) is 0.766. The Labute approximate surface area is 145 Å². The number of amides is 2. The number of hydrogen-bond donors (Lipinski definition) is 1. The van der Waals surface area contributed by atoms with Crippen molar-refractivity contribution < 1.29 is 19.1 Å². The van der Waals surface area contributed by atoms with Gasteiger partial charge >= 0.3 is 6.09 Å². The van der Waals surface area contributed by atoms with Gasteiger partial charge in [0, 0.05) is 24.4 Å². The minimum absolute atomic E-state index is 0.0804. The van der Waals surface area contributed by atoms with Crippen molar-refractivity contribution in [2.45, 2.75) is 37.8 Å². The molecular formula is C17H19ClN2O4. The topological polar surface area (TPSA) is 75.7 Å². The first-order chi connectivity index (χ1) is 11.5. The second kappa shape index (κ2) is 7.21. The molecule has 1 saturated heterocycles. The van der Waals surface area contributed by atoms with Gasteiger partial charge in [-0.05, 0) is 25.0 Å². The van der Waals surface area contributed by atoms with Crippen molar-refractivity contribution in [1.29, 1.82) is 0 Å². The number of ketones is 1. The summed E-state index contributed by atoms with van der Waals surface area (Å²) in [4.78, 5) is 37.3. The lowest BCUT2D eigenvalue weighted by atomic mass is 10.1. The Balaban J connectivity index is 1.39. The standard InChI is InChI=1S/C17H19ClN2O4/c18-14-4-2-1-3-13(14)15(21)7-8-16(22)19-9-12-10-20(11-5-6-11)17(23)24-12/h1-4,11-12H,5-10H2,(H,19,22). The number of nitrogens with zero attached hydrogens (tertiary/aromatic N) is 1. The molecule has 1 unspecified atom stereocenters. The number of benzene rings is 1. The van der Waals surface area contributed by atoms with Gasteiger partial charge in [-0.25, -0.2) is 4.79 Å². The van der Waals surface area contributed by atoms with Gasteiger partial charge in [-0.1, -0.05) is 23.7 Å². The summed E-state index contributed by atoms with van der Waals surface area (Å²) >= 11 is 5.97. The number of nitrogens with one attached hydrogen (secondary N) is 1. The number of ether oxygens (including phenoxy) is 1. The maximum Gasteiger partial charge on any atom is 0.410 e. The van der Waals surface area contributed by atoms with Gasteiger partial charge in [-0.15, -0.1) is 0 Å². The molecule has 1 aromatic rings. The van der Waals surface area contributed by atoms with Crippen LogP contribution in [-0.2, 0) is 9.53 Å². The lowest BCUT2D eigenvalue weighted by Crippen LogP contribution is -2.35. The fraction of sp³-hybridized carbons (Fsp3) is 0.471. The third-order valence-corrected chi connectivity index (χ3v) is 4.50. The van der Waals surface area contributed by atoms with Crippen LogP contribution in [-0.4, -0.2) is 47.9 Å². The first-order valence-corrected chi connectivity index (χ1v) is 8.44. The van der Waals surface area contributed by atoms with Crippen LogP contribution in [0.4, 0.5) is 4.79 Å². The molecule has 128 valence electrons. The average Bonchev–Trinajstić information content (AvgIpc) is 3.34. The Morgan fingerprint density at radius 3 is 2.71 bits per heavy atom. The summed E-state index contributed by atoms with van der Waals surface area (Å²) in [5, 5.41) is 3.11.